The number of hydrogen-bond acceptors (Lipinski definition) is 1. The number of aryl methyl sites for hydroxylation is 1. The molecule has 1 aliphatic rings. The van der Waals surface area contributed by atoms with Gasteiger partial charge in [0.15, 0.2) is 0 Å². The number of benzene rings is 1. The van der Waals surface area contributed by atoms with E-state index in [9.17, 15) is 4.39 Å². The fraction of sp³-hybridized carbons (Fsp3) is 0.538. The van der Waals surface area contributed by atoms with E-state index in [1.165, 1.54) is 24.0 Å². The van der Waals surface area contributed by atoms with Gasteiger partial charge in [-0.3, -0.25) is 0 Å². The maximum absolute atomic E-state index is 13.2. The lowest BCUT2D eigenvalue weighted by molar-refractivity contribution is 0.458. The van der Waals surface area contributed by atoms with Gasteiger partial charge in [-0.15, -0.1) is 0 Å². The van der Waals surface area contributed by atoms with E-state index >= 15 is 0 Å². The van der Waals surface area contributed by atoms with Crippen LogP contribution < -0.4 is 5.32 Å². The SMILES string of the molecule is CCc1ccc(F)cc1C1CCCNC1. The molecule has 2 heteroatoms. The predicted molar refractivity (Wildman–Crippen MR) is 60.6 cm³/mol. The van der Waals surface area contributed by atoms with Crippen molar-refractivity contribution in [2.24, 2.45) is 0 Å². The summed E-state index contributed by atoms with van der Waals surface area (Å²) < 4.78 is 13.2. The zero-order valence-corrected chi connectivity index (χ0v) is 9.22. The van der Waals surface area contributed by atoms with E-state index < -0.39 is 0 Å². The second-order valence-electron chi connectivity index (χ2n) is 4.24. The Bertz CT molecular complexity index is 329. The Hall–Kier alpha value is -0.890. The van der Waals surface area contributed by atoms with Gasteiger partial charge in [0, 0.05) is 6.54 Å². The average Bonchev–Trinajstić information content (AvgIpc) is 2.30. The Morgan fingerprint density at radius 1 is 1.47 bits per heavy atom. The third kappa shape index (κ3) is 2.37. The summed E-state index contributed by atoms with van der Waals surface area (Å²) in [7, 11) is 0. The largest absolute Gasteiger partial charge is 0.316 e. The molecule has 1 aromatic rings. The first-order valence-electron chi connectivity index (χ1n) is 5.80. The molecule has 1 saturated heterocycles. The highest BCUT2D eigenvalue weighted by Gasteiger charge is 2.17. The lowest BCUT2D eigenvalue weighted by atomic mass is 9.87. The zero-order valence-electron chi connectivity index (χ0n) is 9.22. The van der Waals surface area contributed by atoms with Gasteiger partial charge in [0.25, 0.3) is 0 Å². The van der Waals surface area contributed by atoms with Crippen LogP contribution in [0, 0.1) is 5.82 Å². The lowest BCUT2D eigenvalue weighted by Gasteiger charge is -2.25. The van der Waals surface area contributed by atoms with Gasteiger partial charge in [-0.2, -0.15) is 0 Å². The summed E-state index contributed by atoms with van der Waals surface area (Å²) in [5.74, 6) is 0.400. The van der Waals surface area contributed by atoms with Gasteiger partial charge in [0.05, 0.1) is 0 Å². The molecule has 0 saturated carbocycles. The third-order valence-corrected chi connectivity index (χ3v) is 3.23. The van der Waals surface area contributed by atoms with Gasteiger partial charge in [-0.05, 0) is 55.0 Å². The molecule has 1 aliphatic heterocycles. The predicted octanol–water partition coefficient (Wildman–Crippen LogP) is 2.86. The van der Waals surface area contributed by atoms with Crippen molar-refractivity contribution in [2.75, 3.05) is 13.1 Å². The Morgan fingerprint density at radius 3 is 3.00 bits per heavy atom. The van der Waals surface area contributed by atoms with E-state index in [1.54, 1.807) is 12.1 Å². The topological polar surface area (TPSA) is 12.0 Å². The third-order valence-electron chi connectivity index (χ3n) is 3.23. The molecular formula is C13H18FN. The number of rotatable bonds is 2. The maximum Gasteiger partial charge on any atom is 0.123 e. The van der Waals surface area contributed by atoms with Gasteiger partial charge in [-0.1, -0.05) is 13.0 Å². The fourth-order valence-electron chi connectivity index (χ4n) is 2.39. The summed E-state index contributed by atoms with van der Waals surface area (Å²) in [6.45, 7) is 4.23. The van der Waals surface area contributed by atoms with Crippen LogP contribution in [0.1, 0.15) is 36.8 Å². The van der Waals surface area contributed by atoms with E-state index in [-0.39, 0.29) is 5.82 Å². The van der Waals surface area contributed by atoms with Crippen molar-refractivity contribution < 1.29 is 4.39 Å². The molecule has 1 aromatic carbocycles. The van der Waals surface area contributed by atoms with Gasteiger partial charge in [0.1, 0.15) is 5.82 Å². The molecule has 1 heterocycles. The highest BCUT2D eigenvalue weighted by atomic mass is 19.1. The fourth-order valence-corrected chi connectivity index (χ4v) is 2.39. The van der Waals surface area contributed by atoms with E-state index in [4.69, 9.17) is 0 Å². The molecular weight excluding hydrogens is 189 g/mol. The van der Waals surface area contributed by atoms with Crippen LogP contribution >= 0.6 is 0 Å². The molecule has 0 bridgehead atoms. The number of nitrogens with one attached hydrogen (secondary N) is 1. The minimum absolute atomic E-state index is 0.104. The van der Waals surface area contributed by atoms with Crippen LogP contribution in [0.15, 0.2) is 18.2 Å². The first-order valence-corrected chi connectivity index (χ1v) is 5.80. The summed E-state index contributed by atoms with van der Waals surface area (Å²) >= 11 is 0. The molecule has 1 atom stereocenters. The van der Waals surface area contributed by atoms with Gasteiger partial charge < -0.3 is 5.32 Å². The van der Waals surface area contributed by atoms with E-state index in [1.807, 2.05) is 6.07 Å². The smallest absolute Gasteiger partial charge is 0.123 e. The molecule has 15 heavy (non-hydrogen) atoms. The van der Waals surface area contributed by atoms with Crippen LogP contribution in [0.5, 0.6) is 0 Å². The quantitative estimate of drug-likeness (QED) is 0.786. The van der Waals surface area contributed by atoms with Crippen LogP contribution in [0.4, 0.5) is 4.39 Å². The normalized spacial score (nSPS) is 21.6. The number of halogens is 1. The molecule has 1 unspecified atom stereocenters. The summed E-state index contributed by atoms with van der Waals surface area (Å²) in [6, 6.07) is 5.22. The van der Waals surface area contributed by atoms with Crippen LogP contribution in [0.3, 0.4) is 0 Å². The Morgan fingerprint density at radius 2 is 2.33 bits per heavy atom. The summed E-state index contributed by atoms with van der Waals surface area (Å²) in [6.07, 6.45) is 3.37. The van der Waals surface area contributed by atoms with E-state index in [0.717, 1.165) is 19.5 Å². The molecule has 0 aliphatic carbocycles. The minimum atomic E-state index is -0.104. The van der Waals surface area contributed by atoms with Crippen molar-refractivity contribution in [1.29, 1.82) is 0 Å². The van der Waals surface area contributed by atoms with Gasteiger partial charge in [0.2, 0.25) is 0 Å². The second-order valence-corrected chi connectivity index (χ2v) is 4.24. The first-order chi connectivity index (χ1) is 7.31. The summed E-state index contributed by atoms with van der Waals surface area (Å²) in [5.41, 5.74) is 2.51. The lowest BCUT2D eigenvalue weighted by Crippen LogP contribution is -2.28. The summed E-state index contributed by atoms with van der Waals surface area (Å²) in [5, 5.41) is 3.38. The van der Waals surface area contributed by atoms with Gasteiger partial charge >= 0.3 is 0 Å². The van der Waals surface area contributed by atoms with Crippen LogP contribution in [-0.2, 0) is 6.42 Å². The Kier molecular flexibility index (Phi) is 3.37. The standard InChI is InChI=1S/C13H18FN/c1-2-10-5-6-12(14)8-13(10)11-4-3-7-15-9-11/h5-6,8,11,15H,2-4,7,9H2,1H3. The molecule has 0 radical (unpaired) electrons. The second kappa shape index (κ2) is 4.75. The Labute approximate surface area is 90.7 Å². The minimum Gasteiger partial charge on any atom is -0.316 e. The van der Waals surface area contributed by atoms with Crippen LogP contribution in [0.2, 0.25) is 0 Å². The van der Waals surface area contributed by atoms with E-state index in [0.29, 0.717) is 5.92 Å². The van der Waals surface area contributed by atoms with E-state index in [2.05, 4.69) is 12.2 Å². The molecule has 0 amide bonds. The highest BCUT2D eigenvalue weighted by molar-refractivity contribution is 5.31. The molecule has 1 N–H and O–H groups in total. The van der Waals surface area contributed by atoms with Gasteiger partial charge in [-0.25, -0.2) is 4.39 Å². The van der Waals surface area contributed by atoms with Crippen molar-refractivity contribution in [3.05, 3.63) is 35.1 Å². The van der Waals surface area contributed by atoms with Crippen LogP contribution in [0.25, 0.3) is 0 Å². The number of hydrogen-bond donors (Lipinski definition) is 1. The molecule has 0 aromatic heterocycles. The number of piperidine rings is 1. The van der Waals surface area contributed by atoms with Crippen molar-refractivity contribution in [1.82, 2.24) is 5.32 Å². The zero-order chi connectivity index (χ0) is 10.7. The average molecular weight is 207 g/mol. The van der Waals surface area contributed by atoms with Crippen molar-refractivity contribution in [2.45, 2.75) is 32.1 Å². The van der Waals surface area contributed by atoms with Crippen molar-refractivity contribution >= 4 is 0 Å². The molecule has 1 fully saturated rings. The molecule has 0 spiro atoms. The first kappa shape index (κ1) is 10.6. The van der Waals surface area contributed by atoms with Crippen LogP contribution in [-0.4, -0.2) is 13.1 Å². The monoisotopic (exact) mass is 207 g/mol. The molecule has 82 valence electrons. The molecule has 1 nitrogen and oxygen atoms in total. The Balaban J connectivity index is 2.27. The maximum atomic E-state index is 13.2. The highest BCUT2D eigenvalue weighted by Crippen LogP contribution is 2.27. The molecule has 2 rings (SSSR count). The van der Waals surface area contributed by atoms with Crippen molar-refractivity contribution in [3.8, 4) is 0 Å². The van der Waals surface area contributed by atoms with Crippen molar-refractivity contribution in [3.63, 3.8) is 0 Å². The summed E-state index contributed by atoms with van der Waals surface area (Å²) in [4.78, 5) is 0.